The van der Waals surface area contributed by atoms with Gasteiger partial charge in [-0.3, -0.25) is 9.80 Å². The number of aromatic nitrogens is 4. The molecule has 0 saturated carbocycles. The molecule has 2 saturated heterocycles. The molecular weight excluding hydrogens is 597 g/mol. The first kappa shape index (κ1) is 31.5. The smallest absolute Gasteiger partial charge is 0.453 e. The summed E-state index contributed by atoms with van der Waals surface area (Å²) in [5, 5.41) is 10.1. The lowest BCUT2D eigenvalue weighted by Gasteiger charge is -2.53. The van der Waals surface area contributed by atoms with Crippen LogP contribution in [-0.4, -0.2) is 112 Å². The number of benzene rings is 3. The van der Waals surface area contributed by atoms with Crippen LogP contribution in [-0.2, 0) is 12.7 Å². The summed E-state index contributed by atoms with van der Waals surface area (Å²) in [6.07, 6.45) is -4.71. The summed E-state index contributed by atoms with van der Waals surface area (Å²) < 4.78 is 47.3. The second-order valence-electron chi connectivity index (χ2n) is 12.0. The molecule has 2 aliphatic rings. The Kier molecular flexibility index (Phi) is 8.96. The van der Waals surface area contributed by atoms with E-state index in [0.29, 0.717) is 48.7 Å². The average molecular weight is 635 g/mol. The maximum absolute atomic E-state index is 13.6. The molecule has 242 valence electrons. The van der Waals surface area contributed by atoms with Crippen LogP contribution in [0.25, 0.3) is 5.69 Å². The fourth-order valence-corrected chi connectivity index (χ4v) is 6.85. The minimum Gasteiger partial charge on any atom is -0.496 e. The fraction of sp³-hybridized carbons (Fsp3) is 0.394. The van der Waals surface area contributed by atoms with Crippen molar-refractivity contribution in [1.82, 2.24) is 39.8 Å². The van der Waals surface area contributed by atoms with E-state index in [4.69, 9.17) is 4.74 Å². The number of methoxy groups -OCH3 is 1. The Bertz CT molecular complexity index is 1590. The second-order valence-corrected chi connectivity index (χ2v) is 12.0. The first-order chi connectivity index (χ1) is 22.1. The zero-order chi connectivity index (χ0) is 32.4. The molecule has 2 amide bonds. The van der Waals surface area contributed by atoms with Crippen molar-refractivity contribution in [2.24, 2.45) is 0 Å². The van der Waals surface area contributed by atoms with E-state index in [1.165, 1.54) is 17.2 Å². The number of carbonyl (C=O) groups is 1. The van der Waals surface area contributed by atoms with Crippen molar-refractivity contribution in [3.63, 3.8) is 0 Å². The van der Waals surface area contributed by atoms with Gasteiger partial charge in [0.25, 0.3) is 5.82 Å². The molecule has 2 atom stereocenters. The summed E-state index contributed by atoms with van der Waals surface area (Å²) in [4.78, 5) is 21.4. The minimum absolute atomic E-state index is 0.0210. The number of fused-ring (bicyclic) bond motifs is 1. The van der Waals surface area contributed by atoms with Crippen LogP contribution in [0, 0.1) is 0 Å². The number of urea groups is 1. The van der Waals surface area contributed by atoms with Crippen molar-refractivity contribution in [2.75, 3.05) is 53.9 Å². The molecule has 1 aromatic heterocycles. The first-order valence-corrected chi connectivity index (χ1v) is 15.2. The predicted octanol–water partition coefficient (Wildman–Crippen LogP) is 4.37. The van der Waals surface area contributed by atoms with Crippen molar-refractivity contribution < 1.29 is 22.7 Å². The monoisotopic (exact) mass is 634 g/mol. The third kappa shape index (κ3) is 6.42. The largest absolute Gasteiger partial charge is 0.496 e. The molecule has 10 nitrogen and oxygen atoms in total. The number of alkyl halides is 3. The van der Waals surface area contributed by atoms with Gasteiger partial charge in [0.05, 0.1) is 12.8 Å². The molecule has 0 radical (unpaired) electrons. The molecular formula is C33H37F3N8O2. The van der Waals surface area contributed by atoms with Gasteiger partial charge in [0.2, 0.25) is 0 Å². The summed E-state index contributed by atoms with van der Waals surface area (Å²) in [6.45, 7) is 3.70. The second kappa shape index (κ2) is 13.1. The van der Waals surface area contributed by atoms with Crippen LogP contribution >= 0.6 is 0 Å². The molecule has 0 N–H and O–H groups in total. The van der Waals surface area contributed by atoms with Gasteiger partial charge in [-0.1, -0.05) is 60.7 Å². The van der Waals surface area contributed by atoms with E-state index in [2.05, 4.69) is 73.9 Å². The molecule has 1 unspecified atom stereocenters. The van der Waals surface area contributed by atoms with Crippen LogP contribution in [0.1, 0.15) is 28.4 Å². The van der Waals surface area contributed by atoms with E-state index < -0.39 is 12.0 Å². The number of tetrazole rings is 1. The first-order valence-electron chi connectivity index (χ1n) is 15.2. The molecule has 6 rings (SSSR count). The number of nitrogens with zero attached hydrogens (tertiary/aromatic N) is 8. The number of ether oxygens (including phenoxy) is 1. The number of amides is 2. The van der Waals surface area contributed by atoms with E-state index in [1.54, 1.807) is 38.2 Å². The average Bonchev–Trinajstić information content (AvgIpc) is 3.57. The van der Waals surface area contributed by atoms with Gasteiger partial charge in [0, 0.05) is 76.9 Å². The fourth-order valence-electron chi connectivity index (χ4n) is 6.85. The van der Waals surface area contributed by atoms with E-state index in [-0.39, 0.29) is 29.7 Å². The number of hydrogen-bond acceptors (Lipinski definition) is 7. The van der Waals surface area contributed by atoms with Gasteiger partial charge < -0.3 is 14.5 Å². The Hall–Kier alpha value is -4.49. The van der Waals surface area contributed by atoms with Crippen molar-refractivity contribution in [3.8, 4) is 11.4 Å². The molecule has 2 aliphatic heterocycles. The highest BCUT2D eigenvalue weighted by Crippen LogP contribution is 2.37. The summed E-state index contributed by atoms with van der Waals surface area (Å²) in [7, 11) is 5.07. The highest BCUT2D eigenvalue weighted by atomic mass is 19.4. The Balaban J connectivity index is 1.37. The highest BCUT2D eigenvalue weighted by molar-refractivity contribution is 5.74. The lowest BCUT2D eigenvalue weighted by molar-refractivity contribution is -0.146. The SMILES string of the molecule is COc1ccc(-n2nnnc2C(F)(F)F)cc1CN1CC(C(c2ccccc2)c2ccccc2)N2CCN(C(=O)N(C)C)C[C@H]2C1. The quantitative estimate of drug-likeness (QED) is 0.299. The third-order valence-corrected chi connectivity index (χ3v) is 8.85. The standard InChI is InChI=1S/C33H37F3N8O2/c1-40(2)32(45)42-16-17-43-27(21-42)20-41(22-28(43)30(23-10-6-4-7-11-23)24-12-8-5-9-13-24)19-25-18-26(14-15-29(25)46-3)44-31(33(34,35)36)37-38-39-44/h4-15,18,27-28,30H,16-17,19-22H2,1-3H3/t27-,28?/m1/s1. The predicted molar refractivity (Wildman–Crippen MR) is 166 cm³/mol. The van der Waals surface area contributed by atoms with Gasteiger partial charge >= 0.3 is 12.2 Å². The minimum atomic E-state index is -4.71. The number of hydrogen-bond donors (Lipinski definition) is 0. The number of carbonyl (C=O) groups excluding carboxylic acids is 1. The van der Waals surface area contributed by atoms with E-state index in [0.717, 1.165) is 6.54 Å². The van der Waals surface area contributed by atoms with Gasteiger partial charge in [-0.2, -0.15) is 17.9 Å². The van der Waals surface area contributed by atoms with Gasteiger partial charge in [-0.15, -0.1) is 5.10 Å². The lowest BCUT2D eigenvalue weighted by Crippen LogP contribution is -2.67. The molecule has 46 heavy (non-hydrogen) atoms. The van der Waals surface area contributed by atoms with Crippen LogP contribution in [0.4, 0.5) is 18.0 Å². The molecule has 4 aromatic rings. The van der Waals surface area contributed by atoms with Crippen molar-refractivity contribution in [1.29, 1.82) is 0 Å². The van der Waals surface area contributed by atoms with Crippen LogP contribution in [0.3, 0.4) is 0 Å². The number of halogens is 3. The van der Waals surface area contributed by atoms with Crippen LogP contribution in [0.5, 0.6) is 5.75 Å². The molecule has 0 bridgehead atoms. The van der Waals surface area contributed by atoms with Crippen LogP contribution in [0.15, 0.2) is 78.9 Å². The van der Waals surface area contributed by atoms with E-state index in [9.17, 15) is 18.0 Å². The maximum Gasteiger partial charge on any atom is 0.453 e. The third-order valence-electron chi connectivity index (χ3n) is 8.85. The number of piperazine rings is 2. The Morgan fingerprint density at radius 2 is 1.63 bits per heavy atom. The van der Waals surface area contributed by atoms with Gasteiger partial charge in [-0.25, -0.2) is 4.79 Å². The Morgan fingerprint density at radius 1 is 0.957 bits per heavy atom. The molecule has 3 heterocycles. The molecule has 0 spiro atoms. The zero-order valence-corrected chi connectivity index (χ0v) is 26.0. The van der Waals surface area contributed by atoms with Crippen molar-refractivity contribution >= 4 is 6.03 Å². The molecule has 13 heteroatoms. The van der Waals surface area contributed by atoms with E-state index >= 15 is 0 Å². The van der Waals surface area contributed by atoms with Gasteiger partial charge in [0.15, 0.2) is 0 Å². The number of rotatable bonds is 7. The molecule has 0 aliphatic carbocycles. The maximum atomic E-state index is 13.6. The summed E-state index contributed by atoms with van der Waals surface area (Å²) in [5.74, 6) is -0.591. The van der Waals surface area contributed by atoms with Crippen LogP contribution in [0.2, 0.25) is 0 Å². The van der Waals surface area contributed by atoms with Gasteiger partial charge in [0.1, 0.15) is 5.75 Å². The summed E-state index contributed by atoms with van der Waals surface area (Å²) in [5.41, 5.74) is 3.30. The Labute approximate surface area is 265 Å². The Morgan fingerprint density at radius 3 is 2.24 bits per heavy atom. The molecule has 3 aromatic carbocycles. The van der Waals surface area contributed by atoms with E-state index in [1.807, 2.05) is 17.0 Å². The van der Waals surface area contributed by atoms with Crippen molar-refractivity contribution in [2.45, 2.75) is 30.7 Å². The lowest BCUT2D eigenvalue weighted by atomic mass is 9.81. The normalized spacial score (nSPS) is 19.2. The molecule has 2 fully saturated rings. The highest BCUT2D eigenvalue weighted by Gasteiger charge is 2.43. The van der Waals surface area contributed by atoms with Crippen LogP contribution < -0.4 is 4.74 Å². The zero-order valence-electron chi connectivity index (χ0n) is 26.0. The summed E-state index contributed by atoms with van der Waals surface area (Å²) >= 11 is 0. The summed E-state index contributed by atoms with van der Waals surface area (Å²) in [6, 6.07) is 25.8. The topological polar surface area (TPSA) is 82.9 Å². The van der Waals surface area contributed by atoms with Crippen molar-refractivity contribution in [3.05, 3.63) is 101 Å². The van der Waals surface area contributed by atoms with Gasteiger partial charge in [-0.05, 0) is 39.8 Å².